The Morgan fingerprint density at radius 2 is 2.00 bits per heavy atom. The summed E-state index contributed by atoms with van der Waals surface area (Å²) in [6.45, 7) is 4.51. The van der Waals surface area contributed by atoms with Gasteiger partial charge in [0.15, 0.2) is 0 Å². The number of rotatable bonds is 3. The van der Waals surface area contributed by atoms with Gasteiger partial charge in [-0.3, -0.25) is 0 Å². The molecule has 12 heavy (non-hydrogen) atoms. The fourth-order valence-corrected chi connectivity index (χ4v) is 2.39. The first kappa shape index (κ1) is 10.4. The van der Waals surface area contributed by atoms with Gasteiger partial charge >= 0.3 is 0 Å². The molecular formula is C11H21Cl. The van der Waals surface area contributed by atoms with Gasteiger partial charge in [0.05, 0.1) is 0 Å². The molecule has 0 amide bonds. The lowest BCUT2D eigenvalue weighted by atomic mass is 9.78. The second-order valence-corrected chi connectivity index (χ2v) is 5.12. The van der Waals surface area contributed by atoms with Crippen LogP contribution in [0.4, 0.5) is 0 Å². The van der Waals surface area contributed by atoms with Crippen LogP contribution in [0.25, 0.3) is 0 Å². The average molecular weight is 189 g/mol. The van der Waals surface area contributed by atoms with Gasteiger partial charge < -0.3 is 0 Å². The summed E-state index contributed by atoms with van der Waals surface area (Å²) in [5.74, 6) is 1.93. The maximum atomic E-state index is 5.94. The van der Waals surface area contributed by atoms with E-state index in [4.69, 9.17) is 11.6 Å². The van der Waals surface area contributed by atoms with Crippen molar-refractivity contribution < 1.29 is 0 Å². The van der Waals surface area contributed by atoms with E-state index in [1.807, 2.05) is 0 Å². The Morgan fingerprint density at radius 3 is 2.58 bits per heavy atom. The van der Waals surface area contributed by atoms with Gasteiger partial charge in [0.25, 0.3) is 0 Å². The highest BCUT2D eigenvalue weighted by Crippen LogP contribution is 2.33. The summed E-state index contributed by atoms with van der Waals surface area (Å²) in [6.07, 6.45) is 8.36. The lowest BCUT2D eigenvalue weighted by molar-refractivity contribution is 0.238. The minimum atomic E-state index is 0.374. The summed E-state index contributed by atoms with van der Waals surface area (Å²) < 4.78 is 0. The van der Waals surface area contributed by atoms with Crippen LogP contribution in [-0.4, -0.2) is 5.38 Å². The third-order valence-corrected chi connectivity index (χ3v) is 3.44. The van der Waals surface area contributed by atoms with E-state index in [1.54, 1.807) is 0 Å². The molecule has 1 aliphatic carbocycles. The lowest BCUT2D eigenvalue weighted by Crippen LogP contribution is -2.17. The van der Waals surface area contributed by atoms with Crippen LogP contribution < -0.4 is 0 Å². The maximum absolute atomic E-state index is 5.94. The van der Waals surface area contributed by atoms with Crippen LogP contribution in [0.2, 0.25) is 0 Å². The molecule has 72 valence electrons. The Balaban J connectivity index is 2.20. The van der Waals surface area contributed by atoms with E-state index in [2.05, 4.69) is 13.8 Å². The first-order valence-electron chi connectivity index (χ1n) is 5.34. The Labute approximate surface area is 81.7 Å². The Morgan fingerprint density at radius 1 is 1.33 bits per heavy atom. The van der Waals surface area contributed by atoms with E-state index in [0.29, 0.717) is 5.38 Å². The van der Waals surface area contributed by atoms with Crippen molar-refractivity contribution in [3.05, 3.63) is 0 Å². The smallest absolute Gasteiger partial charge is 0.0307 e. The van der Waals surface area contributed by atoms with Crippen molar-refractivity contribution in [1.29, 1.82) is 0 Å². The molecule has 0 bridgehead atoms. The molecule has 1 fully saturated rings. The molecule has 0 aromatic rings. The van der Waals surface area contributed by atoms with Crippen LogP contribution >= 0.6 is 11.6 Å². The summed E-state index contributed by atoms with van der Waals surface area (Å²) in [5.41, 5.74) is 0. The molecule has 0 aliphatic heterocycles. The monoisotopic (exact) mass is 188 g/mol. The van der Waals surface area contributed by atoms with Crippen LogP contribution in [0.3, 0.4) is 0 Å². The van der Waals surface area contributed by atoms with Crippen LogP contribution in [0, 0.1) is 11.8 Å². The number of halogens is 1. The molecule has 1 heteroatoms. The molecule has 1 rings (SSSR count). The molecule has 0 spiro atoms. The van der Waals surface area contributed by atoms with Gasteiger partial charge in [-0.1, -0.05) is 32.6 Å². The van der Waals surface area contributed by atoms with Gasteiger partial charge in [-0.05, 0) is 31.6 Å². The Hall–Kier alpha value is 0.290. The van der Waals surface area contributed by atoms with E-state index in [0.717, 1.165) is 11.8 Å². The first-order chi connectivity index (χ1) is 5.70. The van der Waals surface area contributed by atoms with E-state index >= 15 is 0 Å². The highest BCUT2D eigenvalue weighted by atomic mass is 35.5. The van der Waals surface area contributed by atoms with Crippen molar-refractivity contribution >= 4 is 11.6 Å². The molecule has 0 saturated heterocycles. The number of hydrogen-bond acceptors (Lipinski definition) is 0. The molecule has 0 nitrogen and oxygen atoms in total. The molecule has 0 radical (unpaired) electrons. The molecular weight excluding hydrogens is 168 g/mol. The Kier molecular flexibility index (Phi) is 4.42. The van der Waals surface area contributed by atoms with Crippen molar-refractivity contribution in [1.82, 2.24) is 0 Å². The standard InChI is InChI=1S/C11H21Cl/c1-9-5-3-4-6-11(9)8-7-10(2)12/h9-11H,3-8H2,1-2H3. The zero-order valence-electron chi connectivity index (χ0n) is 8.35. The summed E-state index contributed by atoms with van der Waals surface area (Å²) in [5, 5.41) is 0.374. The van der Waals surface area contributed by atoms with Crippen molar-refractivity contribution in [3.63, 3.8) is 0 Å². The third kappa shape index (κ3) is 3.35. The maximum Gasteiger partial charge on any atom is 0.0307 e. The van der Waals surface area contributed by atoms with Crippen LogP contribution in [0.5, 0.6) is 0 Å². The Bertz CT molecular complexity index is 120. The fourth-order valence-electron chi connectivity index (χ4n) is 2.27. The first-order valence-corrected chi connectivity index (χ1v) is 5.78. The molecule has 1 aliphatic rings. The van der Waals surface area contributed by atoms with Crippen LogP contribution in [-0.2, 0) is 0 Å². The second-order valence-electron chi connectivity index (χ2n) is 4.38. The summed E-state index contributed by atoms with van der Waals surface area (Å²) >= 11 is 5.94. The molecule has 0 N–H and O–H groups in total. The van der Waals surface area contributed by atoms with Crippen molar-refractivity contribution in [2.45, 2.75) is 57.7 Å². The molecule has 0 aromatic carbocycles. The van der Waals surface area contributed by atoms with E-state index in [9.17, 15) is 0 Å². The zero-order valence-corrected chi connectivity index (χ0v) is 9.11. The second kappa shape index (κ2) is 5.11. The van der Waals surface area contributed by atoms with Crippen molar-refractivity contribution in [2.75, 3.05) is 0 Å². The van der Waals surface area contributed by atoms with Crippen LogP contribution in [0.1, 0.15) is 52.4 Å². The average Bonchev–Trinajstić information content (AvgIpc) is 2.03. The highest BCUT2D eigenvalue weighted by molar-refractivity contribution is 6.20. The number of hydrogen-bond donors (Lipinski definition) is 0. The van der Waals surface area contributed by atoms with Crippen LogP contribution in [0.15, 0.2) is 0 Å². The van der Waals surface area contributed by atoms with Gasteiger partial charge in [0.2, 0.25) is 0 Å². The quantitative estimate of drug-likeness (QED) is 0.582. The van der Waals surface area contributed by atoms with E-state index in [-0.39, 0.29) is 0 Å². The van der Waals surface area contributed by atoms with Crippen molar-refractivity contribution in [2.24, 2.45) is 11.8 Å². The van der Waals surface area contributed by atoms with Gasteiger partial charge in [0.1, 0.15) is 0 Å². The van der Waals surface area contributed by atoms with E-state index in [1.165, 1.54) is 38.5 Å². The normalized spacial score (nSPS) is 33.2. The zero-order chi connectivity index (χ0) is 8.97. The van der Waals surface area contributed by atoms with Gasteiger partial charge in [0, 0.05) is 5.38 Å². The lowest BCUT2D eigenvalue weighted by Gasteiger charge is -2.28. The topological polar surface area (TPSA) is 0 Å². The minimum absolute atomic E-state index is 0.374. The summed E-state index contributed by atoms with van der Waals surface area (Å²) in [7, 11) is 0. The fraction of sp³-hybridized carbons (Fsp3) is 1.00. The van der Waals surface area contributed by atoms with E-state index < -0.39 is 0 Å². The largest absolute Gasteiger partial charge is 0.123 e. The summed E-state index contributed by atoms with van der Waals surface area (Å²) in [4.78, 5) is 0. The molecule has 0 aromatic heterocycles. The third-order valence-electron chi connectivity index (χ3n) is 3.22. The van der Waals surface area contributed by atoms with Crippen molar-refractivity contribution in [3.8, 4) is 0 Å². The van der Waals surface area contributed by atoms with Gasteiger partial charge in [-0.25, -0.2) is 0 Å². The molecule has 3 atom stereocenters. The van der Waals surface area contributed by atoms with Gasteiger partial charge in [-0.15, -0.1) is 11.6 Å². The molecule has 0 heterocycles. The number of alkyl halides is 1. The predicted octanol–water partition coefficient (Wildman–Crippen LogP) is 4.22. The predicted molar refractivity (Wildman–Crippen MR) is 55.7 cm³/mol. The molecule has 3 unspecified atom stereocenters. The molecule has 1 saturated carbocycles. The summed E-state index contributed by atoms with van der Waals surface area (Å²) in [6, 6.07) is 0. The van der Waals surface area contributed by atoms with Gasteiger partial charge in [-0.2, -0.15) is 0 Å². The minimum Gasteiger partial charge on any atom is -0.123 e. The highest BCUT2D eigenvalue weighted by Gasteiger charge is 2.20. The SMILES string of the molecule is CC(Cl)CCC1CCCCC1C.